The van der Waals surface area contributed by atoms with Crippen LogP contribution in [0.4, 0.5) is 0 Å². The normalized spacial score (nSPS) is 16.5. The molecule has 0 aliphatic carbocycles. The van der Waals surface area contributed by atoms with Gasteiger partial charge in [0.15, 0.2) is 10.9 Å². The van der Waals surface area contributed by atoms with Gasteiger partial charge in [0.05, 0.1) is 53.0 Å². The van der Waals surface area contributed by atoms with E-state index >= 15 is 0 Å². The van der Waals surface area contributed by atoms with Crippen molar-refractivity contribution >= 4 is 67.6 Å². The molecule has 2 atom stereocenters. The number of methoxy groups -OCH3 is 1. The van der Waals surface area contributed by atoms with Crippen LogP contribution in [0, 0.1) is 0 Å². The van der Waals surface area contributed by atoms with E-state index in [1.165, 1.54) is 45.2 Å². The van der Waals surface area contributed by atoms with Crippen LogP contribution in [0.1, 0.15) is 49.3 Å². The molecule has 12 nitrogen and oxygen atoms in total. The van der Waals surface area contributed by atoms with Gasteiger partial charge in [0.25, 0.3) is 0 Å². The van der Waals surface area contributed by atoms with E-state index in [9.17, 15) is 29.4 Å². The molecule has 0 saturated carbocycles. The monoisotopic (exact) mass is 718 g/mol. The lowest BCUT2D eigenvalue weighted by Crippen LogP contribution is -2.27. The van der Waals surface area contributed by atoms with Crippen molar-refractivity contribution in [2.24, 2.45) is 0 Å². The number of aliphatic hydroxyl groups is 2. The zero-order valence-corrected chi connectivity index (χ0v) is 28.9. The first kappa shape index (κ1) is 34.9. The lowest BCUT2D eigenvalue weighted by atomic mass is 9.94. The summed E-state index contributed by atoms with van der Waals surface area (Å²) in [7, 11) is 1.34. The number of hydrogen-bond acceptors (Lipinski definition) is 11. The van der Waals surface area contributed by atoms with Gasteiger partial charge in [-0.15, -0.1) is 0 Å². The molecular formula is C41H34O12. The molecule has 0 fully saturated rings. The molecule has 2 aliphatic rings. The number of carboxylic acids is 1. The molecule has 0 spiro atoms. The third kappa shape index (κ3) is 6.90. The van der Waals surface area contributed by atoms with Gasteiger partial charge >= 0.3 is 11.9 Å². The quantitative estimate of drug-likeness (QED) is 0.0884. The Bertz CT molecular complexity index is 2650. The molecule has 0 radical (unpaired) electrons. The first-order chi connectivity index (χ1) is 25.4. The molecule has 0 amide bonds. The Labute approximate surface area is 300 Å². The average molecular weight is 719 g/mol. The van der Waals surface area contributed by atoms with Gasteiger partial charge in [-0.1, -0.05) is 24.3 Å². The SMILES string of the molecule is CC(O)=Cc1cc2c3c(cc4cccc(=O)c4c3o1)CC(CC(=O)O)O2.COC(=O)CC1Cc2cc3cccc(=O)c3c3oc(C=C(C)O)cc(c23)O1. The van der Waals surface area contributed by atoms with Crippen LogP contribution >= 0.6 is 0 Å². The standard InChI is InChI=1S/C21H18O6.C20H16O6/c1-11(22)6-14-9-17-20-13(8-15(26-17)10-18(24)25-2)7-12-4-3-5-16(23)19(12)21(20)27-14;1-10(21)5-13-8-16-19-12(7-14(25-16)9-17(23)24)6-11-3-2-4-15(22)18(11)20(19)26-13/h3-7,9,15,22H,8,10H2,1-2H3;2-6,8,14,21H,7,9H2,1H3,(H,23,24). The van der Waals surface area contributed by atoms with Gasteiger partial charge in [-0.3, -0.25) is 19.2 Å². The zero-order valence-electron chi connectivity index (χ0n) is 28.9. The van der Waals surface area contributed by atoms with Gasteiger partial charge in [-0.05, 0) is 60.0 Å². The van der Waals surface area contributed by atoms with Crippen LogP contribution in [-0.2, 0) is 27.2 Å². The summed E-state index contributed by atoms with van der Waals surface area (Å²) in [6.07, 6.45) is 2.89. The van der Waals surface area contributed by atoms with Gasteiger partial charge in [-0.25, -0.2) is 0 Å². The Hall–Kier alpha value is -6.56. The number of aliphatic hydroxyl groups excluding tert-OH is 2. The van der Waals surface area contributed by atoms with Crippen LogP contribution < -0.4 is 20.3 Å². The number of carbonyl (C=O) groups excluding carboxylic acids is 1. The fourth-order valence-electron chi connectivity index (χ4n) is 7.01. The van der Waals surface area contributed by atoms with E-state index in [1.54, 1.807) is 24.3 Å². The highest BCUT2D eigenvalue weighted by Crippen LogP contribution is 2.41. The minimum absolute atomic E-state index is 0.0426. The van der Waals surface area contributed by atoms with Crippen LogP contribution in [0.5, 0.6) is 11.5 Å². The van der Waals surface area contributed by atoms with Crippen molar-refractivity contribution < 1.29 is 48.0 Å². The first-order valence-electron chi connectivity index (χ1n) is 16.8. The second-order valence-corrected chi connectivity index (χ2v) is 13.1. The van der Waals surface area contributed by atoms with Crippen LogP contribution in [0.2, 0.25) is 0 Å². The highest BCUT2D eigenvalue weighted by molar-refractivity contribution is 6.09. The number of benzene rings is 4. The third-order valence-corrected chi connectivity index (χ3v) is 9.02. The zero-order chi connectivity index (χ0) is 37.6. The van der Waals surface area contributed by atoms with Gasteiger partial charge < -0.3 is 38.4 Å². The molecule has 3 N–H and O–H groups in total. The van der Waals surface area contributed by atoms with Crippen LogP contribution in [-0.4, -0.2) is 46.6 Å². The van der Waals surface area contributed by atoms with Crippen LogP contribution in [0.15, 0.2) is 90.6 Å². The van der Waals surface area contributed by atoms with Crippen molar-refractivity contribution in [3.05, 3.63) is 115 Å². The Kier molecular flexibility index (Phi) is 9.12. The van der Waals surface area contributed by atoms with Crippen LogP contribution in [0.3, 0.4) is 0 Å². The average Bonchev–Trinajstić information content (AvgIpc) is 3.07. The van der Waals surface area contributed by atoms with Crippen molar-refractivity contribution in [1.29, 1.82) is 0 Å². The summed E-state index contributed by atoms with van der Waals surface area (Å²) in [5, 5.41) is 32.1. The second kappa shape index (κ2) is 13.9. The molecule has 270 valence electrons. The number of rotatable bonds is 6. The van der Waals surface area contributed by atoms with Gasteiger partial charge in [0.1, 0.15) is 46.4 Å². The maximum Gasteiger partial charge on any atom is 0.309 e. The van der Waals surface area contributed by atoms with Crippen molar-refractivity contribution in [3.8, 4) is 11.5 Å². The predicted octanol–water partition coefficient (Wildman–Crippen LogP) is 7.37. The number of ether oxygens (including phenoxy) is 3. The summed E-state index contributed by atoms with van der Waals surface area (Å²) in [5.41, 5.74) is 2.32. The van der Waals surface area contributed by atoms with E-state index in [0.29, 0.717) is 63.2 Å². The molecule has 53 heavy (non-hydrogen) atoms. The summed E-state index contributed by atoms with van der Waals surface area (Å²) >= 11 is 0. The van der Waals surface area contributed by atoms with Crippen molar-refractivity contribution in [3.63, 3.8) is 0 Å². The summed E-state index contributed by atoms with van der Waals surface area (Å²) in [6.45, 7) is 3.03. The molecular weight excluding hydrogens is 684 g/mol. The van der Waals surface area contributed by atoms with Crippen molar-refractivity contribution in [1.82, 2.24) is 0 Å². The molecule has 2 aliphatic heterocycles. The Morgan fingerprint density at radius 1 is 0.698 bits per heavy atom. The number of carboxylic acid groups (broad SMARTS) is 1. The number of carbonyl (C=O) groups is 2. The molecule has 0 bridgehead atoms. The van der Waals surface area contributed by atoms with Gasteiger partial charge in [0, 0.05) is 37.1 Å². The predicted molar refractivity (Wildman–Crippen MR) is 198 cm³/mol. The van der Waals surface area contributed by atoms with E-state index in [0.717, 1.165) is 27.3 Å². The van der Waals surface area contributed by atoms with E-state index in [-0.39, 0.29) is 47.3 Å². The fraction of sp³-hybridized carbons (Fsp3) is 0.220. The van der Waals surface area contributed by atoms with Gasteiger partial charge in [-0.2, -0.15) is 0 Å². The summed E-state index contributed by atoms with van der Waals surface area (Å²) in [4.78, 5) is 47.7. The number of allylic oxidation sites excluding steroid dienone is 2. The van der Waals surface area contributed by atoms with Crippen molar-refractivity contribution in [2.75, 3.05) is 7.11 Å². The highest BCUT2D eigenvalue weighted by atomic mass is 16.5. The highest BCUT2D eigenvalue weighted by Gasteiger charge is 2.29. The third-order valence-electron chi connectivity index (χ3n) is 9.02. The number of fused-ring (bicyclic) bond motifs is 4. The lowest BCUT2D eigenvalue weighted by molar-refractivity contribution is -0.142. The fourth-order valence-corrected chi connectivity index (χ4v) is 7.01. The molecule has 2 aromatic heterocycles. The molecule has 6 aromatic rings. The maximum atomic E-state index is 12.5. The van der Waals surface area contributed by atoms with E-state index < -0.39 is 12.1 Å². The molecule has 12 heteroatoms. The Morgan fingerprint density at radius 3 is 1.57 bits per heavy atom. The Balaban J connectivity index is 0.000000164. The first-order valence-corrected chi connectivity index (χ1v) is 16.8. The minimum atomic E-state index is -0.940. The molecule has 4 aromatic carbocycles. The van der Waals surface area contributed by atoms with Gasteiger partial charge in [0.2, 0.25) is 0 Å². The minimum Gasteiger partial charge on any atom is -0.512 e. The molecule has 8 rings (SSSR count). The molecule has 2 unspecified atom stereocenters. The van der Waals surface area contributed by atoms with Crippen molar-refractivity contribution in [2.45, 2.75) is 51.7 Å². The summed E-state index contributed by atoms with van der Waals surface area (Å²) < 4.78 is 28.5. The largest absolute Gasteiger partial charge is 0.512 e. The molecule has 0 saturated heterocycles. The number of esters is 1. The number of hydrogen-bond donors (Lipinski definition) is 3. The molecule has 4 heterocycles. The van der Waals surface area contributed by atoms with E-state index in [2.05, 4.69) is 0 Å². The smallest absolute Gasteiger partial charge is 0.309 e. The van der Waals surface area contributed by atoms with E-state index in [4.69, 9.17) is 28.2 Å². The lowest BCUT2D eigenvalue weighted by Gasteiger charge is -2.26. The maximum absolute atomic E-state index is 12.5. The van der Waals surface area contributed by atoms with E-state index in [1.807, 2.05) is 24.3 Å². The summed E-state index contributed by atoms with van der Waals surface area (Å²) in [5.74, 6) is 0.470. The topological polar surface area (TPSA) is 183 Å². The van der Waals surface area contributed by atoms with Crippen LogP contribution in [0.25, 0.3) is 55.6 Å². The second-order valence-electron chi connectivity index (χ2n) is 13.1. The summed E-state index contributed by atoms with van der Waals surface area (Å²) in [6, 6.07) is 17.1. The Morgan fingerprint density at radius 2 is 1.15 bits per heavy atom. The number of aliphatic carboxylic acids is 1.